The number of nitrogens with one attached hydrogen (secondary N) is 2. The van der Waals surface area contributed by atoms with Gasteiger partial charge in [0.15, 0.2) is 0 Å². The second-order valence-electron chi connectivity index (χ2n) is 4.31. The molecule has 1 heterocycles. The van der Waals surface area contributed by atoms with Gasteiger partial charge < -0.3 is 10.6 Å². The van der Waals surface area contributed by atoms with Crippen molar-refractivity contribution in [2.75, 3.05) is 6.54 Å². The van der Waals surface area contributed by atoms with Gasteiger partial charge in [-0.25, -0.2) is 4.39 Å². The molecule has 0 saturated carbocycles. The molecule has 0 aromatic heterocycles. The molecule has 1 amide bonds. The number of rotatable bonds is 3. The van der Waals surface area contributed by atoms with Gasteiger partial charge in [0.25, 0.3) is 0 Å². The number of piperidine rings is 1. The quantitative estimate of drug-likeness (QED) is 0.884. The molecule has 1 fully saturated rings. The Balaban J connectivity index is 0.00000162. The van der Waals surface area contributed by atoms with E-state index >= 15 is 0 Å². The van der Waals surface area contributed by atoms with Crippen molar-refractivity contribution >= 4 is 18.3 Å². The molecule has 0 radical (unpaired) electrons. The van der Waals surface area contributed by atoms with E-state index in [1.165, 1.54) is 6.07 Å². The van der Waals surface area contributed by atoms with Crippen LogP contribution in [-0.4, -0.2) is 18.5 Å². The lowest BCUT2D eigenvalue weighted by molar-refractivity contribution is -0.123. The lowest BCUT2D eigenvalue weighted by atomic mass is 10.0. The zero-order chi connectivity index (χ0) is 12.1. The monoisotopic (exact) mass is 272 g/mol. The minimum absolute atomic E-state index is 0. The Bertz CT molecular complexity index is 394. The lowest BCUT2D eigenvalue weighted by Gasteiger charge is -2.22. The normalized spacial score (nSPS) is 18.8. The van der Waals surface area contributed by atoms with Crippen LogP contribution >= 0.6 is 12.4 Å². The summed E-state index contributed by atoms with van der Waals surface area (Å²) < 4.78 is 13.3. The molecule has 1 aromatic rings. The molecule has 1 aromatic carbocycles. The van der Waals surface area contributed by atoms with E-state index in [0.717, 1.165) is 25.8 Å². The number of hydrogen-bond donors (Lipinski definition) is 2. The van der Waals surface area contributed by atoms with Crippen LogP contribution in [0.3, 0.4) is 0 Å². The van der Waals surface area contributed by atoms with Crippen molar-refractivity contribution in [3.05, 3.63) is 35.6 Å². The standard InChI is InChI=1S/C13H17FN2O.ClH/c14-11-6-2-1-5-10(11)9-16-13(17)12-7-3-4-8-15-12;/h1-2,5-6,12,15H,3-4,7-9H2,(H,16,17);1H. The van der Waals surface area contributed by atoms with Gasteiger partial charge >= 0.3 is 0 Å². The molecule has 0 aliphatic carbocycles. The van der Waals surface area contributed by atoms with Gasteiger partial charge in [0, 0.05) is 12.1 Å². The molecule has 1 atom stereocenters. The maximum atomic E-state index is 13.3. The molecule has 0 spiro atoms. The average molecular weight is 273 g/mol. The molecule has 0 bridgehead atoms. The van der Waals surface area contributed by atoms with Crippen LogP contribution in [0.1, 0.15) is 24.8 Å². The molecule has 1 saturated heterocycles. The van der Waals surface area contributed by atoms with E-state index in [1.807, 2.05) is 0 Å². The number of halogens is 2. The first-order valence-corrected chi connectivity index (χ1v) is 6.02. The number of carbonyl (C=O) groups is 1. The Hall–Kier alpha value is -1.13. The van der Waals surface area contributed by atoms with E-state index in [2.05, 4.69) is 10.6 Å². The molecule has 18 heavy (non-hydrogen) atoms. The van der Waals surface area contributed by atoms with Crippen LogP contribution in [0, 0.1) is 5.82 Å². The molecule has 5 heteroatoms. The van der Waals surface area contributed by atoms with Crippen LogP contribution in [0.25, 0.3) is 0 Å². The predicted molar refractivity (Wildman–Crippen MR) is 71.1 cm³/mol. The van der Waals surface area contributed by atoms with E-state index < -0.39 is 0 Å². The second kappa shape index (κ2) is 7.34. The molecular weight excluding hydrogens is 255 g/mol. The number of hydrogen-bond acceptors (Lipinski definition) is 2. The summed E-state index contributed by atoms with van der Waals surface area (Å²) in [7, 11) is 0. The van der Waals surface area contributed by atoms with Crippen LogP contribution in [0.15, 0.2) is 24.3 Å². The summed E-state index contributed by atoms with van der Waals surface area (Å²) in [6, 6.07) is 6.38. The first kappa shape index (κ1) is 14.9. The highest BCUT2D eigenvalue weighted by molar-refractivity contribution is 5.85. The van der Waals surface area contributed by atoms with Crippen molar-refractivity contribution < 1.29 is 9.18 Å². The highest BCUT2D eigenvalue weighted by Gasteiger charge is 2.20. The van der Waals surface area contributed by atoms with Gasteiger partial charge in [0.05, 0.1) is 6.04 Å². The molecule has 3 nitrogen and oxygen atoms in total. The van der Waals surface area contributed by atoms with Gasteiger partial charge in [-0.3, -0.25) is 4.79 Å². The smallest absolute Gasteiger partial charge is 0.237 e. The Labute approximate surface area is 113 Å². The largest absolute Gasteiger partial charge is 0.351 e. The maximum Gasteiger partial charge on any atom is 0.237 e. The number of amides is 1. The molecule has 2 rings (SSSR count). The molecule has 1 aliphatic heterocycles. The molecule has 1 unspecified atom stereocenters. The van der Waals surface area contributed by atoms with Crippen LogP contribution in [0.4, 0.5) is 4.39 Å². The number of carbonyl (C=O) groups excluding carboxylic acids is 1. The van der Waals surface area contributed by atoms with Crippen molar-refractivity contribution in [2.45, 2.75) is 31.8 Å². The van der Waals surface area contributed by atoms with E-state index in [1.54, 1.807) is 18.2 Å². The molecule has 2 N–H and O–H groups in total. The van der Waals surface area contributed by atoms with E-state index in [0.29, 0.717) is 5.56 Å². The Morgan fingerprint density at radius 2 is 2.17 bits per heavy atom. The fraction of sp³-hybridized carbons (Fsp3) is 0.462. The summed E-state index contributed by atoms with van der Waals surface area (Å²) in [6.07, 6.45) is 3.06. The summed E-state index contributed by atoms with van der Waals surface area (Å²) >= 11 is 0. The predicted octanol–water partition coefficient (Wildman–Crippen LogP) is 2.01. The minimum atomic E-state index is -0.274. The third-order valence-electron chi connectivity index (χ3n) is 3.04. The first-order valence-electron chi connectivity index (χ1n) is 6.02. The zero-order valence-corrected chi connectivity index (χ0v) is 10.9. The average Bonchev–Trinajstić information content (AvgIpc) is 2.38. The molecular formula is C13H18ClFN2O. The van der Waals surface area contributed by atoms with Gasteiger partial charge in [0.1, 0.15) is 5.82 Å². The summed E-state index contributed by atoms with van der Waals surface area (Å²) in [5.74, 6) is -0.308. The van der Waals surface area contributed by atoms with Crippen LogP contribution in [0.5, 0.6) is 0 Å². The summed E-state index contributed by atoms with van der Waals surface area (Å²) in [5.41, 5.74) is 0.525. The highest BCUT2D eigenvalue weighted by atomic mass is 35.5. The van der Waals surface area contributed by atoms with Gasteiger partial charge in [0.2, 0.25) is 5.91 Å². The third-order valence-corrected chi connectivity index (χ3v) is 3.04. The van der Waals surface area contributed by atoms with Crippen molar-refractivity contribution in [2.24, 2.45) is 0 Å². The number of benzene rings is 1. The third kappa shape index (κ3) is 3.96. The maximum absolute atomic E-state index is 13.3. The van der Waals surface area contributed by atoms with Gasteiger partial charge in [-0.2, -0.15) is 0 Å². The van der Waals surface area contributed by atoms with Crippen LogP contribution in [0.2, 0.25) is 0 Å². The van der Waals surface area contributed by atoms with Crippen molar-refractivity contribution in [3.8, 4) is 0 Å². The second-order valence-corrected chi connectivity index (χ2v) is 4.31. The van der Waals surface area contributed by atoms with Crippen molar-refractivity contribution in [3.63, 3.8) is 0 Å². The van der Waals surface area contributed by atoms with Crippen molar-refractivity contribution in [1.29, 1.82) is 0 Å². The van der Waals surface area contributed by atoms with E-state index in [4.69, 9.17) is 0 Å². The molecule has 1 aliphatic rings. The van der Waals surface area contributed by atoms with E-state index in [-0.39, 0.29) is 36.7 Å². The highest BCUT2D eigenvalue weighted by Crippen LogP contribution is 2.08. The lowest BCUT2D eigenvalue weighted by Crippen LogP contribution is -2.46. The SMILES string of the molecule is Cl.O=C(NCc1ccccc1F)C1CCCCN1. The van der Waals surface area contributed by atoms with Crippen molar-refractivity contribution in [1.82, 2.24) is 10.6 Å². The molecule has 100 valence electrons. The van der Waals surface area contributed by atoms with E-state index in [9.17, 15) is 9.18 Å². The summed E-state index contributed by atoms with van der Waals surface area (Å²) in [6.45, 7) is 1.14. The summed E-state index contributed by atoms with van der Waals surface area (Å²) in [4.78, 5) is 11.8. The van der Waals surface area contributed by atoms with Crippen LogP contribution in [-0.2, 0) is 11.3 Å². The fourth-order valence-corrected chi connectivity index (χ4v) is 2.02. The van der Waals surface area contributed by atoms with Gasteiger partial charge in [-0.05, 0) is 25.5 Å². The Morgan fingerprint density at radius 1 is 1.39 bits per heavy atom. The van der Waals surface area contributed by atoms with Gasteiger partial charge in [-0.15, -0.1) is 12.4 Å². The minimum Gasteiger partial charge on any atom is -0.351 e. The summed E-state index contributed by atoms with van der Waals surface area (Å²) in [5, 5.41) is 5.93. The zero-order valence-electron chi connectivity index (χ0n) is 10.1. The fourth-order valence-electron chi connectivity index (χ4n) is 2.02. The van der Waals surface area contributed by atoms with Gasteiger partial charge in [-0.1, -0.05) is 24.6 Å². The topological polar surface area (TPSA) is 41.1 Å². The Morgan fingerprint density at radius 3 is 2.83 bits per heavy atom. The van der Waals surface area contributed by atoms with Crippen LogP contribution < -0.4 is 10.6 Å². The first-order chi connectivity index (χ1) is 8.27. The Kier molecular flexibility index (Phi) is 6.09.